The van der Waals surface area contributed by atoms with E-state index < -0.39 is 6.10 Å². The maximum atomic E-state index is 11.9. The Morgan fingerprint density at radius 2 is 2.32 bits per heavy atom. The van der Waals surface area contributed by atoms with Crippen molar-refractivity contribution in [2.75, 3.05) is 7.11 Å². The molecule has 136 valence electrons. The highest BCUT2D eigenvalue weighted by Crippen LogP contribution is 2.43. The number of carbonyl (C=O) groups excluding carboxylic acids is 1. The lowest BCUT2D eigenvalue weighted by atomic mass is 9.68. The Morgan fingerprint density at radius 1 is 1.56 bits per heavy atom. The van der Waals surface area contributed by atoms with E-state index in [-0.39, 0.29) is 11.4 Å². The molecule has 0 bridgehead atoms. The van der Waals surface area contributed by atoms with Gasteiger partial charge in [-0.15, -0.1) is 0 Å². The normalized spacial score (nSPS) is 27.3. The van der Waals surface area contributed by atoms with Crippen LogP contribution in [-0.2, 0) is 9.53 Å². The number of aliphatic hydroxyl groups excluding tert-OH is 1. The van der Waals surface area contributed by atoms with Crippen LogP contribution < -0.4 is 0 Å². The third-order valence-corrected chi connectivity index (χ3v) is 5.43. The molecule has 0 unspecified atom stereocenters. The van der Waals surface area contributed by atoms with E-state index in [0.29, 0.717) is 17.9 Å². The molecule has 0 fully saturated rings. The Morgan fingerprint density at radius 3 is 2.96 bits per heavy atom. The van der Waals surface area contributed by atoms with Crippen LogP contribution in [0.25, 0.3) is 0 Å². The summed E-state index contributed by atoms with van der Waals surface area (Å²) >= 11 is 0. The van der Waals surface area contributed by atoms with Gasteiger partial charge < -0.3 is 14.3 Å². The predicted molar refractivity (Wildman–Crippen MR) is 97.8 cm³/mol. The Hall–Kier alpha value is -2.07. The minimum absolute atomic E-state index is 0.0654. The second-order valence-electron chi connectivity index (χ2n) is 7.18. The molecule has 0 amide bonds. The van der Waals surface area contributed by atoms with Gasteiger partial charge in [-0.05, 0) is 54.7 Å². The van der Waals surface area contributed by atoms with Gasteiger partial charge in [-0.3, -0.25) is 0 Å². The van der Waals surface area contributed by atoms with Gasteiger partial charge >= 0.3 is 5.97 Å². The second-order valence-corrected chi connectivity index (χ2v) is 7.18. The summed E-state index contributed by atoms with van der Waals surface area (Å²) in [5.41, 5.74) is 2.08. The van der Waals surface area contributed by atoms with E-state index in [1.807, 2.05) is 12.1 Å². The van der Waals surface area contributed by atoms with E-state index in [2.05, 4.69) is 26.5 Å². The molecule has 1 N–H and O–H groups in total. The molecule has 4 heteroatoms. The average molecular weight is 344 g/mol. The van der Waals surface area contributed by atoms with Gasteiger partial charge in [0.1, 0.15) is 0 Å². The zero-order valence-electron chi connectivity index (χ0n) is 15.3. The molecule has 0 spiro atoms. The van der Waals surface area contributed by atoms with Gasteiger partial charge in [0.25, 0.3) is 0 Å². The fraction of sp³-hybridized carbons (Fsp3) is 0.476. The van der Waals surface area contributed by atoms with Crippen molar-refractivity contribution in [3.63, 3.8) is 0 Å². The number of hydrogen-bond acceptors (Lipinski definition) is 4. The number of rotatable bonds is 4. The van der Waals surface area contributed by atoms with Crippen LogP contribution in [0.1, 0.15) is 51.2 Å². The molecular formula is C21H28O4. The van der Waals surface area contributed by atoms with Gasteiger partial charge in [0.05, 0.1) is 31.3 Å². The zero-order chi connectivity index (χ0) is 18.4. The lowest BCUT2D eigenvalue weighted by Gasteiger charge is -2.37. The molecule has 1 aliphatic rings. The van der Waals surface area contributed by atoms with Crippen molar-refractivity contribution in [2.45, 2.75) is 45.6 Å². The quantitative estimate of drug-likeness (QED) is 0.801. The second kappa shape index (κ2) is 8.34. The highest BCUT2D eigenvalue weighted by atomic mass is 16.5. The Balaban J connectivity index is 2.20. The third kappa shape index (κ3) is 4.73. The van der Waals surface area contributed by atoms with Crippen molar-refractivity contribution in [3.05, 3.63) is 60.1 Å². The van der Waals surface area contributed by atoms with Crippen molar-refractivity contribution in [1.29, 1.82) is 0 Å². The molecule has 1 aliphatic carbocycles. The first-order valence-corrected chi connectivity index (χ1v) is 8.71. The van der Waals surface area contributed by atoms with Gasteiger partial charge in [-0.1, -0.05) is 32.6 Å². The number of hydrogen-bond donors (Lipinski definition) is 1. The Kier molecular flexibility index (Phi) is 6.43. The summed E-state index contributed by atoms with van der Waals surface area (Å²) in [5, 5.41) is 10.6. The molecule has 1 heterocycles. The van der Waals surface area contributed by atoms with E-state index >= 15 is 0 Å². The number of methoxy groups -OCH3 is 1. The lowest BCUT2D eigenvalue weighted by molar-refractivity contribution is -0.135. The van der Waals surface area contributed by atoms with Crippen molar-refractivity contribution >= 4 is 5.97 Å². The molecule has 2 rings (SSSR count). The molecule has 0 saturated heterocycles. The highest BCUT2D eigenvalue weighted by molar-refractivity contribution is 5.93. The number of carbonyl (C=O) groups is 1. The summed E-state index contributed by atoms with van der Waals surface area (Å²) in [5.74, 6) is 0.00784. The van der Waals surface area contributed by atoms with Crippen LogP contribution in [0.3, 0.4) is 0 Å². The van der Waals surface area contributed by atoms with Gasteiger partial charge in [-0.2, -0.15) is 0 Å². The van der Waals surface area contributed by atoms with Crippen LogP contribution in [-0.4, -0.2) is 18.2 Å². The van der Waals surface area contributed by atoms with Gasteiger partial charge in [0.2, 0.25) is 0 Å². The topological polar surface area (TPSA) is 59.7 Å². The van der Waals surface area contributed by atoms with Gasteiger partial charge in [0.15, 0.2) is 0 Å². The van der Waals surface area contributed by atoms with Gasteiger partial charge in [0, 0.05) is 5.56 Å². The molecule has 25 heavy (non-hydrogen) atoms. The van der Waals surface area contributed by atoms with Gasteiger partial charge in [-0.25, -0.2) is 4.79 Å². The summed E-state index contributed by atoms with van der Waals surface area (Å²) in [4.78, 5) is 11.9. The zero-order valence-corrected chi connectivity index (χ0v) is 15.3. The summed E-state index contributed by atoms with van der Waals surface area (Å²) in [6.45, 7) is 8.47. The Bertz CT molecular complexity index is 653. The fourth-order valence-corrected chi connectivity index (χ4v) is 3.33. The first-order chi connectivity index (χ1) is 11.9. The van der Waals surface area contributed by atoms with E-state index in [4.69, 9.17) is 9.15 Å². The number of esters is 1. The van der Waals surface area contributed by atoms with Crippen LogP contribution in [0.15, 0.2) is 59.0 Å². The SMILES string of the molecule is C=C1CC[C@@H](C)[C@](C)(C[C@@H](O)c2ccoc2)C/C=C\C=C1C(=O)OC. The van der Waals surface area contributed by atoms with E-state index in [1.165, 1.54) is 7.11 Å². The number of aliphatic hydroxyl groups is 1. The van der Waals surface area contributed by atoms with Crippen LogP contribution >= 0.6 is 0 Å². The number of allylic oxidation sites excluding steroid dienone is 3. The van der Waals surface area contributed by atoms with Crippen LogP contribution in [0, 0.1) is 11.3 Å². The predicted octanol–water partition coefficient (Wildman–Crippen LogP) is 4.74. The maximum Gasteiger partial charge on any atom is 0.338 e. The molecule has 0 saturated carbocycles. The standard InChI is InChI=1S/C21H28O4/c1-15-8-9-16(2)21(3,13-19(22)17-10-12-25-14-17)11-6-5-7-18(15)20(23)24-4/h5-7,10,12,14,16,19,22H,1,8-9,11,13H2,2-4H3/b6-5-,18-7?/t16-,19-,21+/m1/s1. The van der Waals surface area contributed by atoms with Crippen molar-refractivity contribution in [3.8, 4) is 0 Å². The fourth-order valence-electron chi connectivity index (χ4n) is 3.33. The maximum absolute atomic E-state index is 11.9. The summed E-state index contributed by atoms with van der Waals surface area (Å²) < 4.78 is 9.93. The average Bonchev–Trinajstić information content (AvgIpc) is 3.12. The van der Waals surface area contributed by atoms with Crippen LogP contribution in [0.5, 0.6) is 0 Å². The molecule has 4 nitrogen and oxygen atoms in total. The molecule has 3 atom stereocenters. The summed E-state index contributed by atoms with van der Waals surface area (Å²) in [7, 11) is 1.38. The highest BCUT2D eigenvalue weighted by Gasteiger charge is 2.33. The first kappa shape index (κ1) is 19.3. The number of furan rings is 1. The summed E-state index contributed by atoms with van der Waals surface area (Å²) in [6, 6.07) is 1.81. The van der Waals surface area contributed by atoms with Crippen molar-refractivity contribution in [2.24, 2.45) is 11.3 Å². The molecule has 1 aromatic rings. The van der Waals surface area contributed by atoms with Crippen LogP contribution in [0.2, 0.25) is 0 Å². The van der Waals surface area contributed by atoms with Crippen LogP contribution in [0.4, 0.5) is 0 Å². The van der Waals surface area contributed by atoms with Crippen molar-refractivity contribution < 1.29 is 19.1 Å². The molecule has 0 radical (unpaired) electrons. The Labute approximate surface area is 149 Å². The van der Waals surface area contributed by atoms with E-state index in [0.717, 1.165) is 30.4 Å². The number of ether oxygens (including phenoxy) is 1. The van der Waals surface area contributed by atoms with E-state index in [9.17, 15) is 9.90 Å². The van der Waals surface area contributed by atoms with E-state index in [1.54, 1.807) is 18.6 Å². The molecule has 1 aromatic heterocycles. The smallest absolute Gasteiger partial charge is 0.338 e. The summed E-state index contributed by atoms with van der Waals surface area (Å²) in [6.07, 6.45) is 11.5. The minimum atomic E-state index is -0.549. The minimum Gasteiger partial charge on any atom is -0.472 e. The monoisotopic (exact) mass is 344 g/mol. The molecule has 0 aliphatic heterocycles. The first-order valence-electron chi connectivity index (χ1n) is 8.71. The molecule has 0 aromatic carbocycles. The third-order valence-electron chi connectivity index (χ3n) is 5.43. The lowest BCUT2D eigenvalue weighted by Crippen LogP contribution is -2.28. The largest absolute Gasteiger partial charge is 0.472 e. The van der Waals surface area contributed by atoms with Crippen molar-refractivity contribution in [1.82, 2.24) is 0 Å². The molecular weight excluding hydrogens is 316 g/mol.